The number of hydrogen-bond acceptors (Lipinski definition) is 5. The molecule has 6 nitrogen and oxygen atoms in total. The van der Waals surface area contributed by atoms with Crippen LogP contribution in [-0.2, 0) is 0 Å². The largest absolute Gasteiger partial charge is 0.366 e. The number of nitrogens with two attached hydrogens (primary N) is 1. The number of likely N-dealkylation sites (tertiary alicyclic amines) is 1. The zero-order valence-electron chi connectivity index (χ0n) is 15.5. The van der Waals surface area contributed by atoms with Crippen LogP contribution in [0.1, 0.15) is 28.2 Å². The summed E-state index contributed by atoms with van der Waals surface area (Å²) in [4.78, 5) is 27.7. The van der Waals surface area contributed by atoms with Crippen molar-refractivity contribution in [3.8, 4) is 0 Å². The quantitative estimate of drug-likeness (QED) is 0.693. The summed E-state index contributed by atoms with van der Waals surface area (Å²) < 4.78 is 13.8. The van der Waals surface area contributed by atoms with Gasteiger partial charge in [0.1, 0.15) is 11.6 Å². The van der Waals surface area contributed by atoms with E-state index < -0.39 is 5.91 Å². The van der Waals surface area contributed by atoms with Crippen LogP contribution >= 0.6 is 0 Å². The molecule has 1 aromatic heterocycles. The van der Waals surface area contributed by atoms with Gasteiger partial charge >= 0.3 is 0 Å². The zero-order chi connectivity index (χ0) is 19.7. The number of aromatic nitrogens is 2. The van der Waals surface area contributed by atoms with Crippen LogP contribution in [0.4, 0.5) is 10.2 Å². The first-order valence-electron chi connectivity index (χ1n) is 9.14. The Kier molecular flexibility index (Phi) is 4.83. The number of aliphatic imine (C=N–C) groups is 1. The highest BCUT2D eigenvalue weighted by Gasteiger charge is 2.19. The highest BCUT2D eigenvalue weighted by molar-refractivity contribution is 6.09. The van der Waals surface area contributed by atoms with E-state index in [0.29, 0.717) is 40.2 Å². The summed E-state index contributed by atoms with van der Waals surface area (Å²) in [5.41, 5.74) is 7.74. The van der Waals surface area contributed by atoms with E-state index in [0.717, 1.165) is 25.2 Å². The number of nitrogens with zero attached hydrogens (tertiary/aromatic N) is 4. The van der Waals surface area contributed by atoms with Gasteiger partial charge in [-0.3, -0.25) is 9.69 Å². The van der Waals surface area contributed by atoms with Crippen molar-refractivity contribution in [2.45, 2.75) is 13.3 Å². The second-order valence-corrected chi connectivity index (χ2v) is 6.86. The molecule has 1 amide bonds. The van der Waals surface area contributed by atoms with Gasteiger partial charge in [0.15, 0.2) is 5.82 Å². The summed E-state index contributed by atoms with van der Waals surface area (Å²) in [6.07, 6.45) is 1.15. The van der Waals surface area contributed by atoms with Gasteiger partial charge in [0.25, 0.3) is 5.91 Å². The summed E-state index contributed by atoms with van der Waals surface area (Å²) >= 11 is 0. The molecule has 7 heteroatoms. The third-order valence-electron chi connectivity index (χ3n) is 4.80. The van der Waals surface area contributed by atoms with Crippen LogP contribution in [0.15, 0.2) is 47.5 Å². The van der Waals surface area contributed by atoms with E-state index in [9.17, 15) is 9.18 Å². The molecule has 2 aromatic carbocycles. The fourth-order valence-corrected chi connectivity index (χ4v) is 3.27. The monoisotopic (exact) mass is 377 g/mol. The number of para-hydroxylation sites is 1. The van der Waals surface area contributed by atoms with Crippen LogP contribution < -0.4 is 5.73 Å². The standard InChI is InChI=1S/C21H20FN5O/c1-13-24-19-16(20(23)28)7-3-8-17(19)21(25-13)26-18(12-27-9-4-10-27)14-5-2-6-15(22)11-14/h2-3,5-8,11H,4,9-10,12H2,1H3,(H2,23,28). The Labute approximate surface area is 161 Å². The van der Waals surface area contributed by atoms with E-state index in [1.54, 1.807) is 25.1 Å². The molecule has 0 saturated carbocycles. The molecule has 2 heterocycles. The van der Waals surface area contributed by atoms with Crippen LogP contribution in [0.3, 0.4) is 0 Å². The minimum atomic E-state index is -0.551. The number of hydrogen-bond donors (Lipinski definition) is 1. The lowest BCUT2D eigenvalue weighted by atomic mass is 10.1. The zero-order valence-corrected chi connectivity index (χ0v) is 15.5. The molecule has 142 valence electrons. The van der Waals surface area contributed by atoms with Gasteiger partial charge in [-0.2, -0.15) is 0 Å². The van der Waals surface area contributed by atoms with Crippen molar-refractivity contribution in [2.75, 3.05) is 19.6 Å². The summed E-state index contributed by atoms with van der Waals surface area (Å²) in [5, 5.41) is 0.638. The molecular formula is C21H20FN5O. The van der Waals surface area contributed by atoms with Gasteiger partial charge in [-0.25, -0.2) is 19.4 Å². The first kappa shape index (κ1) is 18.2. The third-order valence-corrected chi connectivity index (χ3v) is 4.80. The molecule has 0 spiro atoms. The highest BCUT2D eigenvalue weighted by atomic mass is 19.1. The Morgan fingerprint density at radius 2 is 2.00 bits per heavy atom. The molecule has 1 fully saturated rings. The fraction of sp³-hybridized carbons (Fsp3) is 0.238. The first-order valence-corrected chi connectivity index (χ1v) is 9.14. The van der Waals surface area contributed by atoms with E-state index in [1.165, 1.54) is 12.1 Å². The van der Waals surface area contributed by atoms with Crippen LogP contribution in [0.5, 0.6) is 0 Å². The molecule has 0 bridgehead atoms. The third kappa shape index (κ3) is 3.61. The van der Waals surface area contributed by atoms with Crippen LogP contribution in [0, 0.1) is 12.7 Å². The number of benzene rings is 2. The van der Waals surface area contributed by atoms with Gasteiger partial charge in [0.2, 0.25) is 0 Å². The molecule has 1 aliphatic heterocycles. The van der Waals surface area contributed by atoms with Crippen molar-refractivity contribution in [1.29, 1.82) is 0 Å². The minimum absolute atomic E-state index is 0.312. The van der Waals surface area contributed by atoms with Crippen molar-refractivity contribution < 1.29 is 9.18 Å². The van der Waals surface area contributed by atoms with Gasteiger partial charge < -0.3 is 5.73 Å². The van der Waals surface area contributed by atoms with E-state index in [2.05, 4.69) is 14.9 Å². The van der Waals surface area contributed by atoms with Crippen molar-refractivity contribution in [3.05, 3.63) is 65.2 Å². The van der Waals surface area contributed by atoms with Crippen LogP contribution in [0.25, 0.3) is 10.9 Å². The molecule has 3 aromatic rings. The summed E-state index contributed by atoms with van der Waals surface area (Å²) in [7, 11) is 0. The Morgan fingerprint density at radius 3 is 2.68 bits per heavy atom. The smallest absolute Gasteiger partial charge is 0.250 e. The van der Waals surface area contributed by atoms with Gasteiger partial charge in [-0.05, 0) is 50.7 Å². The molecule has 0 radical (unpaired) electrons. The average molecular weight is 377 g/mol. The lowest BCUT2D eigenvalue weighted by Crippen LogP contribution is -2.41. The Balaban J connectivity index is 1.89. The Morgan fingerprint density at radius 1 is 1.21 bits per heavy atom. The number of aryl methyl sites for hydroxylation is 1. The van der Waals surface area contributed by atoms with Crippen molar-refractivity contribution in [3.63, 3.8) is 0 Å². The van der Waals surface area contributed by atoms with Gasteiger partial charge in [0.05, 0.1) is 16.8 Å². The minimum Gasteiger partial charge on any atom is -0.366 e. The summed E-state index contributed by atoms with van der Waals surface area (Å²) in [5.74, 6) is 0.0750. The molecule has 0 atom stereocenters. The van der Waals surface area contributed by atoms with E-state index >= 15 is 0 Å². The van der Waals surface area contributed by atoms with E-state index in [-0.39, 0.29) is 5.82 Å². The predicted octanol–water partition coefficient (Wildman–Crippen LogP) is 3.00. The lowest BCUT2D eigenvalue weighted by molar-refractivity contribution is 0.100. The number of fused-ring (bicyclic) bond motifs is 1. The van der Waals surface area contributed by atoms with Crippen LogP contribution in [-0.4, -0.2) is 46.1 Å². The van der Waals surface area contributed by atoms with Crippen molar-refractivity contribution >= 4 is 28.3 Å². The molecular weight excluding hydrogens is 357 g/mol. The van der Waals surface area contributed by atoms with E-state index in [1.807, 2.05) is 12.1 Å². The molecule has 4 rings (SSSR count). The van der Waals surface area contributed by atoms with Crippen LogP contribution in [0.2, 0.25) is 0 Å². The maximum Gasteiger partial charge on any atom is 0.250 e. The highest BCUT2D eigenvalue weighted by Crippen LogP contribution is 2.26. The topological polar surface area (TPSA) is 84.5 Å². The maximum atomic E-state index is 13.8. The second-order valence-electron chi connectivity index (χ2n) is 6.86. The SMILES string of the molecule is Cc1nc(N=C(CN2CCC2)c2cccc(F)c2)c2cccc(C(N)=O)c2n1. The van der Waals surface area contributed by atoms with Crippen molar-refractivity contribution in [1.82, 2.24) is 14.9 Å². The molecule has 28 heavy (non-hydrogen) atoms. The molecule has 0 aliphatic carbocycles. The van der Waals surface area contributed by atoms with Gasteiger partial charge in [-0.1, -0.05) is 18.2 Å². The molecule has 2 N–H and O–H groups in total. The number of primary amides is 1. The number of amides is 1. The number of halogens is 1. The van der Waals surface area contributed by atoms with Gasteiger partial charge in [0, 0.05) is 17.5 Å². The number of carbonyl (C=O) groups is 1. The van der Waals surface area contributed by atoms with E-state index in [4.69, 9.17) is 10.7 Å². The van der Waals surface area contributed by atoms with Crippen molar-refractivity contribution in [2.24, 2.45) is 10.7 Å². The molecule has 1 aliphatic rings. The average Bonchev–Trinajstić information content (AvgIpc) is 2.62. The predicted molar refractivity (Wildman–Crippen MR) is 106 cm³/mol. The first-order chi connectivity index (χ1) is 13.5. The normalized spacial score (nSPS) is 14.9. The molecule has 0 unspecified atom stereocenters. The lowest BCUT2D eigenvalue weighted by Gasteiger charge is -2.31. The fourth-order valence-electron chi connectivity index (χ4n) is 3.27. The summed E-state index contributed by atoms with van der Waals surface area (Å²) in [6, 6.07) is 11.6. The molecule has 1 saturated heterocycles. The Hall–Kier alpha value is -3.19. The Bertz CT molecular complexity index is 1090. The summed E-state index contributed by atoms with van der Waals surface area (Å²) in [6.45, 7) is 4.32. The number of carbonyl (C=O) groups excluding carboxylic acids is 1. The second kappa shape index (κ2) is 7.44. The number of rotatable bonds is 5. The maximum absolute atomic E-state index is 13.8. The van der Waals surface area contributed by atoms with Gasteiger partial charge in [-0.15, -0.1) is 0 Å².